The van der Waals surface area contributed by atoms with Gasteiger partial charge in [0.15, 0.2) is 0 Å². The Kier molecular flexibility index (Phi) is 6.45. The summed E-state index contributed by atoms with van der Waals surface area (Å²) in [6, 6.07) is 3.61. The Morgan fingerprint density at radius 1 is 1.45 bits per heavy atom. The number of nitrogens with zero attached hydrogens (tertiary/aromatic N) is 2. The molecule has 1 aromatic rings. The second-order valence-corrected chi connectivity index (χ2v) is 5.13. The lowest BCUT2D eigenvalue weighted by molar-refractivity contribution is 0.0665. The summed E-state index contributed by atoms with van der Waals surface area (Å²) in [6.45, 7) is 8.98. The Bertz CT molecular complexity index is 447. The topological polar surface area (TPSA) is 65.5 Å². The van der Waals surface area contributed by atoms with Gasteiger partial charge in [0.05, 0.1) is 6.61 Å². The van der Waals surface area contributed by atoms with Crippen LogP contribution in [-0.4, -0.2) is 46.6 Å². The van der Waals surface area contributed by atoms with Gasteiger partial charge in [-0.3, -0.25) is 4.79 Å². The lowest BCUT2D eigenvalue weighted by Gasteiger charge is -2.26. The van der Waals surface area contributed by atoms with E-state index in [2.05, 4.69) is 17.2 Å². The predicted octanol–water partition coefficient (Wildman–Crippen LogP) is 2.05. The van der Waals surface area contributed by atoms with Gasteiger partial charge in [-0.1, -0.05) is 6.92 Å². The molecule has 5 heteroatoms. The van der Waals surface area contributed by atoms with Crippen LogP contribution in [0.2, 0.25) is 0 Å². The van der Waals surface area contributed by atoms with Gasteiger partial charge in [0, 0.05) is 30.4 Å². The van der Waals surface area contributed by atoms with E-state index >= 15 is 0 Å². The molecule has 1 aromatic heterocycles. The molecule has 0 bridgehead atoms. The summed E-state index contributed by atoms with van der Waals surface area (Å²) in [5, 5.41) is 12.3. The van der Waals surface area contributed by atoms with Crippen molar-refractivity contribution in [3.63, 3.8) is 0 Å². The number of anilines is 1. The Labute approximate surface area is 121 Å². The van der Waals surface area contributed by atoms with Crippen molar-refractivity contribution in [2.45, 2.75) is 40.2 Å². The van der Waals surface area contributed by atoms with Crippen LogP contribution >= 0.6 is 0 Å². The van der Waals surface area contributed by atoms with Crippen molar-refractivity contribution in [2.75, 3.05) is 25.0 Å². The minimum absolute atomic E-state index is 0.0328. The van der Waals surface area contributed by atoms with E-state index in [0.29, 0.717) is 12.1 Å². The van der Waals surface area contributed by atoms with Gasteiger partial charge in [0.25, 0.3) is 5.91 Å². The maximum atomic E-state index is 12.5. The zero-order valence-corrected chi connectivity index (χ0v) is 12.8. The van der Waals surface area contributed by atoms with Crippen molar-refractivity contribution in [3.05, 3.63) is 23.4 Å². The Hall–Kier alpha value is -1.62. The third kappa shape index (κ3) is 4.49. The van der Waals surface area contributed by atoms with E-state index in [4.69, 9.17) is 5.11 Å². The first-order chi connectivity index (χ1) is 9.49. The van der Waals surface area contributed by atoms with E-state index in [0.717, 1.165) is 24.5 Å². The van der Waals surface area contributed by atoms with Crippen LogP contribution in [0.3, 0.4) is 0 Å². The highest BCUT2D eigenvalue weighted by Crippen LogP contribution is 2.14. The molecule has 2 N–H and O–H groups in total. The molecular weight excluding hydrogens is 254 g/mol. The van der Waals surface area contributed by atoms with Crippen molar-refractivity contribution in [2.24, 2.45) is 0 Å². The van der Waals surface area contributed by atoms with Gasteiger partial charge in [-0.2, -0.15) is 0 Å². The van der Waals surface area contributed by atoms with Crippen LogP contribution in [-0.2, 0) is 0 Å². The van der Waals surface area contributed by atoms with Crippen LogP contribution in [0.1, 0.15) is 43.2 Å². The molecule has 20 heavy (non-hydrogen) atoms. The molecule has 0 aliphatic rings. The third-order valence-electron chi connectivity index (χ3n) is 2.98. The number of carbonyl (C=O) groups excluding carboxylic acids is 1. The van der Waals surface area contributed by atoms with Crippen molar-refractivity contribution in [1.82, 2.24) is 9.88 Å². The number of rotatable bonds is 7. The fourth-order valence-corrected chi connectivity index (χ4v) is 2.00. The summed E-state index contributed by atoms with van der Waals surface area (Å²) >= 11 is 0. The highest BCUT2D eigenvalue weighted by molar-refractivity contribution is 5.95. The summed E-state index contributed by atoms with van der Waals surface area (Å²) in [4.78, 5) is 18.6. The average Bonchev–Trinajstić information content (AvgIpc) is 2.40. The molecule has 0 saturated heterocycles. The SMILES string of the molecule is CCCNc1cc(C(=O)N(CCO)C(C)C)cc(C)n1. The lowest BCUT2D eigenvalue weighted by atomic mass is 10.1. The first-order valence-corrected chi connectivity index (χ1v) is 7.14. The molecule has 1 rings (SSSR count). The monoisotopic (exact) mass is 279 g/mol. The van der Waals surface area contributed by atoms with E-state index < -0.39 is 0 Å². The van der Waals surface area contributed by atoms with Crippen LogP contribution in [0.5, 0.6) is 0 Å². The Morgan fingerprint density at radius 2 is 2.15 bits per heavy atom. The first kappa shape index (κ1) is 16.4. The number of aliphatic hydroxyl groups is 1. The maximum absolute atomic E-state index is 12.5. The number of nitrogens with one attached hydrogen (secondary N) is 1. The Balaban J connectivity index is 2.98. The average molecular weight is 279 g/mol. The van der Waals surface area contributed by atoms with Gasteiger partial charge < -0.3 is 15.3 Å². The van der Waals surface area contributed by atoms with Crippen molar-refractivity contribution >= 4 is 11.7 Å². The molecule has 1 heterocycles. The fraction of sp³-hybridized carbons (Fsp3) is 0.600. The van der Waals surface area contributed by atoms with E-state index in [1.807, 2.05) is 20.8 Å². The molecule has 0 aliphatic carbocycles. The van der Waals surface area contributed by atoms with Crippen LogP contribution < -0.4 is 5.32 Å². The summed E-state index contributed by atoms with van der Waals surface area (Å²) in [5.74, 6) is 0.655. The van der Waals surface area contributed by atoms with E-state index in [1.165, 1.54) is 0 Å². The molecule has 0 saturated carbocycles. The van der Waals surface area contributed by atoms with Crippen molar-refractivity contribution < 1.29 is 9.90 Å². The molecule has 1 amide bonds. The molecule has 0 aromatic carbocycles. The number of carbonyl (C=O) groups is 1. The van der Waals surface area contributed by atoms with E-state index in [1.54, 1.807) is 17.0 Å². The van der Waals surface area contributed by atoms with Crippen LogP contribution in [0.25, 0.3) is 0 Å². The van der Waals surface area contributed by atoms with Gasteiger partial charge >= 0.3 is 0 Å². The Morgan fingerprint density at radius 3 is 2.70 bits per heavy atom. The number of hydrogen-bond donors (Lipinski definition) is 2. The number of aliphatic hydroxyl groups excluding tert-OH is 1. The fourth-order valence-electron chi connectivity index (χ4n) is 2.00. The van der Waals surface area contributed by atoms with Crippen molar-refractivity contribution in [3.8, 4) is 0 Å². The minimum atomic E-state index is -0.0703. The van der Waals surface area contributed by atoms with Gasteiger partial charge in [-0.25, -0.2) is 4.98 Å². The van der Waals surface area contributed by atoms with Crippen LogP contribution in [0.4, 0.5) is 5.82 Å². The lowest BCUT2D eigenvalue weighted by Crippen LogP contribution is -2.39. The highest BCUT2D eigenvalue weighted by Gasteiger charge is 2.19. The zero-order chi connectivity index (χ0) is 15.1. The van der Waals surface area contributed by atoms with E-state index in [-0.39, 0.29) is 18.6 Å². The predicted molar refractivity (Wildman–Crippen MR) is 81.0 cm³/mol. The highest BCUT2D eigenvalue weighted by atomic mass is 16.3. The molecule has 0 spiro atoms. The normalized spacial score (nSPS) is 10.7. The van der Waals surface area contributed by atoms with Crippen molar-refractivity contribution in [1.29, 1.82) is 0 Å². The summed E-state index contributed by atoms with van der Waals surface area (Å²) in [6.07, 6.45) is 1.00. The van der Waals surface area contributed by atoms with Crippen LogP contribution in [0, 0.1) is 6.92 Å². The van der Waals surface area contributed by atoms with Gasteiger partial charge in [-0.15, -0.1) is 0 Å². The summed E-state index contributed by atoms with van der Waals surface area (Å²) in [7, 11) is 0. The largest absolute Gasteiger partial charge is 0.395 e. The number of aromatic nitrogens is 1. The van der Waals surface area contributed by atoms with Crippen LogP contribution in [0.15, 0.2) is 12.1 Å². The van der Waals surface area contributed by atoms with Gasteiger partial charge in [0.2, 0.25) is 0 Å². The smallest absolute Gasteiger partial charge is 0.254 e. The van der Waals surface area contributed by atoms with E-state index in [9.17, 15) is 4.79 Å². The molecular formula is C15H25N3O2. The van der Waals surface area contributed by atoms with Gasteiger partial charge in [0.1, 0.15) is 5.82 Å². The first-order valence-electron chi connectivity index (χ1n) is 7.14. The molecule has 112 valence electrons. The second kappa shape index (κ2) is 7.85. The summed E-state index contributed by atoms with van der Waals surface area (Å²) in [5.41, 5.74) is 1.42. The number of aryl methyl sites for hydroxylation is 1. The standard InChI is InChI=1S/C15H25N3O2/c1-5-6-16-14-10-13(9-12(4)17-14)15(20)18(7-8-19)11(2)3/h9-11,19H,5-8H2,1-4H3,(H,16,17). The zero-order valence-electron chi connectivity index (χ0n) is 12.8. The third-order valence-corrected chi connectivity index (χ3v) is 2.98. The molecule has 0 atom stereocenters. The molecule has 0 aliphatic heterocycles. The number of amides is 1. The number of pyridine rings is 1. The summed E-state index contributed by atoms with van der Waals surface area (Å²) < 4.78 is 0. The molecule has 0 radical (unpaired) electrons. The second-order valence-electron chi connectivity index (χ2n) is 5.13. The number of hydrogen-bond acceptors (Lipinski definition) is 4. The minimum Gasteiger partial charge on any atom is -0.395 e. The molecule has 0 fully saturated rings. The molecule has 5 nitrogen and oxygen atoms in total. The molecule has 0 unspecified atom stereocenters. The maximum Gasteiger partial charge on any atom is 0.254 e. The van der Waals surface area contributed by atoms with Gasteiger partial charge in [-0.05, 0) is 39.3 Å². The quantitative estimate of drug-likeness (QED) is 0.802.